The van der Waals surface area contributed by atoms with Gasteiger partial charge in [-0.25, -0.2) is 0 Å². The van der Waals surface area contributed by atoms with Gasteiger partial charge >= 0.3 is 0 Å². The molecule has 1 N–H and O–H groups in total. The van der Waals surface area contributed by atoms with Crippen LogP contribution in [-0.2, 0) is 4.79 Å². The number of carbonyl (C=O) groups is 1. The van der Waals surface area contributed by atoms with E-state index in [0.29, 0.717) is 11.7 Å². The van der Waals surface area contributed by atoms with Crippen molar-refractivity contribution in [3.63, 3.8) is 0 Å². The molecule has 0 spiro atoms. The van der Waals surface area contributed by atoms with Crippen molar-refractivity contribution in [2.24, 2.45) is 0 Å². The van der Waals surface area contributed by atoms with Crippen LogP contribution >= 0.6 is 0 Å². The van der Waals surface area contributed by atoms with Crippen molar-refractivity contribution in [3.05, 3.63) is 59.7 Å². The summed E-state index contributed by atoms with van der Waals surface area (Å²) in [5.74, 6) is 0.839. The van der Waals surface area contributed by atoms with Crippen molar-refractivity contribution in [1.29, 1.82) is 0 Å². The van der Waals surface area contributed by atoms with Gasteiger partial charge in [0.2, 0.25) is 0 Å². The minimum absolute atomic E-state index is 0.0479. The van der Waals surface area contributed by atoms with Gasteiger partial charge in [0, 0.05) is 16.8 Å². The first kappa shape index (κ1) is 14.1. The number of fused-ring (bicyclic) bond motifs is 1. The third kappa shape index (κ3) is 2.87. The Bertz CT molecular complexity index is 773. The van der Waals surface area contributed by atoms with Crippen molar-refractivity contribution in [3.8, 4) is 5.75 Å². The van der Waals surface area contributed by atoms with E-state index in [1.165, 1.54) is 12.8 Å². The standard InChI is InChI=1S/C20H19NO2/c22-20-18(17-10-3-4-11-19(17)21-20)13-14-6-5-9-16(12-14)23-15-7-1-2-8-15/h3-6,9-13,15H,1-2,7-8H2,(H,21,22). The van der Waals surface area contributed by atoms with Gasteiger partial charge in [-0.15, -0.1) is 0 Å². The molecule has 3 nitrogen and oxygen atoms in total. The summed E-state index contributed by atoms with van der Waals surface area (Å²) in [6.45, 7) is 0. The molecule has 4 rings (SSSR count). The van der Waals surface area contributed by atoms with E-state index in [9.17, 15) is 4.79 Å². The van der Waals surface area contributed by atoms with Crippen molar-refractivity contribution in [2.45, 2.75) is 31.8 Å². The molecule has 23 heavy (non-hydrogen) atoms. The molecule has 2 aliphatic rings. The zero-order chi connectivity index (χ0) is 15.6. The molecule has 0 atom stereocenters. The van der Waals surface area contributed by atoms with Crippen LogP contribution < -0.4 is 10.1 Å². The van der Waals surface area contributed by atoms with E-state index >= 15 is 0 Å². The van der Waals surface area contributed by atoms with Crippen LogP contribution in [0.2, 0.25) is 0 Å². The highest BCUT2D eigenvalue weighted by Gasteiger charge is 2.23. The number of ether oxygens (including phenoxy) is 1. The third-order valence-electron chi connectivity index (χ3n) is 4.48. The van der Waals surface area contributed by atoms with Gasteiger partial charge in [0.05, 0.1) is 6.10 Å². The Morgan fingerprint density at radius 3 is 2.74 bits per heavy atom. The van der Waals surface area contributed by atoms with Gasteiger partial charge in [-0.1, -0.05) is 30.3 Å². The average molecular weight is 305 g/mol. The molecule has 1 amide bonds. The van der Waals surface area contributed by atoms with Crippen LogP contribution in [0.5, 0.6) is 5.75 Å². The molecule has 0 saturated heterocycles. The number of rotatable bonds is 3. The summed E-state index contributed by atoms with van der Waals surface area (Å²) in [7, 11) is 0. The number of nitrogens with one attached hydrogen (secondary N) is 1. The zero-order valence-corrected chi connectivity index (χ0v) is 12.9. The Morgan fingerprint density at radius 1 is 1.04 bits per heavy atom. The predicted molar refractivity (Wildman–Crippen MR) is 92.3 cm³/mol. The second-order valence-corrected chi connectivity index (χ2v) is 6.15. The van der Waals surface area contributed by atoms with Crippen molar-refractivity contribution < 1.29 is 9.53 Å². The summed E-state index contributed by atoms with van der Waals surface area (Å²) >= 11 is 0. The van der Waals surface area contributed by atoms with E-state index < -0.39 is 0 Å². The van der Waals surface area contributed by atoms with Crippen LogP contribution in [0.25, 0.3) is 11.6 Å². The molecule has 0 unspecified atom stereocenters. The molecule has 0 radical (unpaired) electrons. The Morgan fingerprint density at radius 2 is 1.87 bits per heavy atom. The van der Waals surface area contributed by atoms with Crippen molar-refractivity contribution in [2.75, 3.05) is 5.32 Å². The summed E-state index contributed by atoms with van der Waals surface area (Å²) in [5.41, 5.74) is 3.53. The number of hydrogen-bond acceptors (Lipinski definition) is 2. The van der Waals surface area contributed by atoms with E-state index in [2.05, 4.69) is 5.32 Å². The van der Waals surface area contributed by atoms with Gasteiger partial charge in [-0.2, -0.15) is 0 Å². The third-order valence-corrected chi connectivity index (χ3v) is 4.48. The van der Waals surface area contributed by atoms with E-state index in [-0.39, 0.29) is 5.91 Å². The van der Waals surface area contributed by atoms with Crippen molar-refractivity contribution >= 4 is 23.2 Å². The van der Waals surface area contributed by atoms with Gasteiger partial charge in [0.1, 0.15) is 5.75 Å². The predicted octanol–water partition coefficient (Wildman–Crippen LogP) is 4.50. The number of carbonyl (C=O) groups excluding carboxylic acids is 1. The topological polar surface area (TPSA) is 38.3 Å². The Balaban J connectivity index is 1.62. The first-order chi connectivity index (χ1) is 11.3. The van der Waals surface area contributed by atoms with E-state index in [1.807, 2.05) is 54.6 Å². The molecule has 0 aromatic heterocycles. The molecule has 1 fully saturated rings. The molecule has 1 aliphatic heterocycles. The quantitative estimate of drug-likeness (QED) is 0.848. The number of hydrogen-bond donors (Lipinski definition) is 1. The minimum Gasteiger partial charge on any atom is -0.490 e. The van der Waals surface area contributed by atoms with E-state index in [0.717, 1.165) is 35.4 Å². The maximum atomic E-state index is 12.2. The second kappa shape index (κ2) is 5.92. The van der Waals surface area contributed by atoms with Crippen LogP contribution in [0.15, 0.2) is 48.5 Å². The molecular weight excluding hydrogens is 286 g/mol. The van der Waals surface area contributed by atoms with Gasteiger partial charge in [-0.05, 0) is 55.5 Å². The van der Waals surface area contributed by atoms with Crippen LogP contribution in [-0.4, -0.2) is 12.0 Å². The first-order valence-corrected chi connectivity index (χ1v) is 8.19. The highest BCUT2D eigenvalue weighted by atomic mass is 16.5. The molecule has 2 aromatic carbocycles. The maximum Gasteiger partial charge on any atom is 0.256 e. The first-order valence-electron chi connectivity index (χ1n) is 8.19. The van der Waals surface area contributed by atoms with Crippen LogP contribution in [0.3, 0.4) is 0 Å². The Kier molecular flexibility index (Phi) is 3.62. The second-order valence-electron chi connectivity index (χ2n) is 6.15. The molecular formula is C20H19NO2. The van der Waals surface area contributed by atoms with Crippen LogP contribution in [0.1, 0.15) is 36.8 Å². The number of amides is 1. The summed E-state index contributed by atoms with van der Waals surface area (Å²) in [4.78, 5) is 12.2. The normalized spacial score (nSPS) is 19.0. The van der Waals surface area contributed by atoms with Gasteiger partial charge in [0.15, 0.2) is 0 Å². The Hall–Kier alpha value is -2.55. The summed E-state index contributed by atoms with van der Waals surface area (Å²) in [5, 5.41) is 2.90. The molecule has 1 heterocycles. The van der Waals surface area contributed by atoms with Gasteiger partial charge in [0.25, 0.3) is 5.91 Å². The fraction of sp³-hybridized carbons (Fsp3) is 0.250. The molecule has 3 heteroatoms. The molecule has 2 aromatic rings. The van der Waals surface area contributed by atoms with Gasteiger partial charge in [-0.3, -0.25) is 4.79 Å². The lowest BCUT2D eigenvalue weighted by Gasteiger charge is -2.13. The highest BCUT2D eigenvalue weighted by Crippen LogP contribution is 2.33. The maximum absolute atomic E-state index is 12.2. The summed E-state index contributed by atoms with van der Waals surface area (Å²) in [6.07, 6.45) is 7.06. The van der Waals surface area contributed by atoms with E-state index in [1.54, 1.807) is 0 Å². The smallest absolute Gasteiger partial charge is 0.256 e. The lowest BCUT2D eigenvalue weighted by Crippen LogP contribution is -2.10. The van der Waals surface area contributed by atoms with E-state index in [4.69, 9.17) is 4.74 Å². The fourth-order valence-electron chi connectivity index (χ4n) is 3.33. The minimum atomic E-state index is -0.0479. The fourth-order valence-corrected chi connectivity index (χ4v) is 3.33. The summed E-state index contributed by atoms with van der Waals surface area (Å²) < 4.78 is 6.05. The lowest BCUT2D eigenvalue weighted by atomic mass is 10.0. The average Bonchev–Trinajstić information content (AvgIpc) is 3.17. The van der Waals surface area contributed by atoms with Crippen molar-refractivity contribution in [1.82, 2.24) is 0 Å². The molecule has 1 saturated carbocycles. The van der Waals surface area contributed by atoms with Crippen LogP contribution in [0, 0.1) is 0 Å². The number of para-hydroxylation sites is 1. The van der Waals surface area contributed by atoms with Crippen LogP contribution in [0.4, 0.5) is 5.69 Å². The monoisotopic (exact) mass is 305 g/mol. The number of benzene rings is 2. The molecule has 0 bridgehead atoms. The Labute approximate surface area is 136 Å². The summed E-state index contributed by atoms with van der Waals surface area (Å²) in [6, 6.07) is 15.8. The zero-order valence-electron chi connectivity index (χ0n) is 12.9. The molecule has 116 valence electrons. The lowest BCUT2D eigenvalue weighted by molar-refractivity contribution is -0.110. The van der Waals surface area contributed by atoms with Gasteiger partial charge < -0.3 is 10.1 Å². The largest absolute Gasteiger partial charge is 0.490 e. The number of anilines is 1. The SMILES string of the molecule is O=C1Nc2ccccc2C1=Cc1cccc(OC2CCCC2)c1. The highest BCUT2D eigenvalue weighted by molar-refractivity contribution is 6.34. The molecule has 1 aliphatic carbocycles.